The molecule has 2 aromatic carbocycles. The summed E-state index contributed by atoms with van der Waals surface area (Å²) in [5, 5.41) is -0.0336. The Labute approximate surface area is 114 Å². The average molecular weight is 284 g/mol. The SMILES string of the molecule is NCc1cccc(COc2ccc(F)c(Cl)c2)c1F. The zero-order valence-electron chi connectivity index (χ0n) is 10.00. The second-order valence-electron chi connectivity index (χ2n) is 3.96. The highest BCUT2D eigenvalue weighted by Gasteiger charge is 2.08. The van der Waals surface area contributed by atoms with Crippen LogP contribution in [0.25, 0.3) is 0 Å². The van der Waals surface area contributed by atoms with Crippen molar-refractivity contribution in [2.24, 2.45) is 5.73 Å². The molecule has 0 heterocycles. The van der Waals surface area contributed by atoms with Crippen LogP contribution in [0.3, 0.4) is 0 Å². The minimum Gasteiger partial charge on any atom is -0.489 e. The van der Waals surface area contributed by atoms with Crippen LogP contribution < -0.4 is 10.5 Å². The molecule has 2 aromatic rings. The molecule has 0 amide bonds. The number of rotatable bonds is 4. The van der Waals surface area contributed by atoms with Crippen molar-refractivity contribution in [3.63, 3.8) is 0 Å². The molecule has 0 unspecified atom stereocenters. The van der Waals surface area contributed by atoms with Crippen LogP contribution in [0.15, 0.2) is 36.4 Å². The van der Waals surface area contributed by atoms with Gasteiger partial charge in [0.1, 0.15) is 24.0 Å². The Morgan fingerprint density at radius 3 is 2.53 bits per heavy atom. The Hall–Kier alpha value is -1.65. The molecule has 2 nitrogen and oxygen atoms in total. The molecule has 0 saturated heterocycles. The van der Waals surface area contributed by atoms with E-state index in [1.54, 1.807) is 18.2 Å². The molecule has 0 saturated carbocycles. The Bertz CT molecular complexity index is 590. The lowest BCUT2D eigenvalue weighted by Crippen LogP contribution is -2.05. The average Bonchev–Trinajstić information content (AvgIpc) is 2.41. The van der Waals surface area contributed by atoms with E-state index in [-0.39, 0.29) is 24.0 Å². The van der Waals surface area contributed by atoms with Crippen LogP contribution in [0.4, 0.5) is 8.78 Å². The summed E-state index contributed by atoms with van der Waals surface area (Å²) in [5.74, 6) is -0.521. The van der Waals surface area contributed by atoms with Crippen LogP contribution in [0.2, 0.25) is 5.02 Å². The molecule has 0 fully saturated rings. The zero-order valence-corrected chi connectivity index (χ0v) is 10.8. The van der Waals surface area contributed by atoms with E-state index >= 15 is 0 Å². The van der Waals surface area contributed by atoms with Crippen molar-refractivity contribution in [3.05, 3.63) is 64.2 Å². The topological polar surface area (TPSA) is 35.2 Å². The zero-order chi connectivity index (χ0) is 13.8. The Balaban J connectivity index is 2.12. The van der Waals surface area contributed by atoms with Gasteiger partial charge in [0.05, 0.1) is 5.02 Å². The summed E-state index contributed by atoms with van der Waals surface area (Å²) in [6.07, 6.45) is 0. The monoisotopic (exact) mass is 283 g/mol. The molecule has 0 aliphatic rings. The first-order chi connectivity index (χ1) is 9.11. The van der Waals surface area contributed by atoms with E-state index in [0.717, 1.165) is 0 Å². The number of benzene rings is 2. The van der Waals surface area contributed by atoms with Gasteiger partial charge in [-0.05, 0) is 12.1 Å². The molecule has 2 N–H and O–H groups in total. The van der Waals surface area contributed by atoms with Crippen LogP contribution in [0.5, 0.6) is 5.75 Å². The van der Waals surface area contributed by atoms with E-state index in [0.29, 0.717) is 16.9 Å². The minimum absolute atomic E-state index is 0.0294. The third kappa shape index (κ3) is 3.22. The Morgan fingerprint density at radius 1 is 1.11 bits per heavy atom. The van der Waals surface area contributed by atoms with Gasteiger partial charge < -0.3 is 10.5 Å². The minimum atomic E-state index is -0.523. The van der Waals surface area contributed by atoms with Crippen molar-refractivity contribution in [1.29, 1.82) is 0 Å². The summed E-state index contributed by atoms with van der Waals surface area (Å²) < 4.78 is 32.2. The summed E-state index contributed by atoms with van der Waals surface area (Å²) in [5.41, 5.74) is 6.24. The lowest BCUT2D eigenvalue weighted by molar-refractivity contribution is 0.299. The highest BCUT2D eigenvalue weighted by Crippen LogP contribution is 2.22. The lowest BCUT2D eigenvalue weighted by Gasteiger charge is -2.09. The fourth-order valence-corrected chi connectivity index (χ4v) is 1.80. The van der Waals surface area contributed by atoms with Crippen molar-refractivity contribution in [2.75, 3.05) is 0 Å². The second kappa shape index (κ2) is 5.99. The Kier molecular flexibility index (Phi) is 4.35. The van der Waals surface area contributed by atoms with Crippen LogP contribution in [-0.2, 0) is 13.2 Å². The Morgan fingerprint density at radius 2 is 1.84 bits per heavy atom. The van der Waals surface area contributed by atoms with E-state index < -0.39 is 5.82 Å². The van der Waals surface area contributed by atoms with Crippen molar-refractivity contribution in [2.45, 2.75) is 13.2 Å². The first-order valence-electron chi connectivity index (χ1n) is 5.66. The molecule has 0 atom stereocenters. The van der Waals surface area contributed by atoms with Gasteiger partial charge in [-0.2, -0.15) is 0 Å². The molecule has 2 rings (SSSR count). The van der Waals surface area contributed by atoms with E-state index in [1.807, 2.05) is 0 Å². The summed E-state index contributed by atoms with van der Waals surface area (Å²) in [6, 6.07) is 8.92. The second-order valence-corrected chi connectivity index (χ2v) is 4.37. The maximum Gasteiger partial charge on any atom is 0.142 e. The molecule has 0 aromatic heterocycles. The molecule has 5 heteroatoms. The molecule has 0 spiro atoms. The lowest BCUT2D eigenvalue weighted by atomic mass is 10.1. The maximum atomic E-state index is 13.9. The smallest absolute Gasteiger partial charge is 0.142 e. The molecule has 19 heavy (non-hydrogen) atoms. The first kappa shape index (κ1) is 13.8. The van der Waals surface area contributed by atoms with E-state index in [9.17, 15) is 8.78 Å². The van der Waals surface area contributed by atoms with Crippen LogP contribution in [0, 0.1) is 11.6 Å². The third-order valence-corrected chi connectivity index (χ3v) is 2.95. The van der Waals surface area contributed by atoms with Gasteiger partial charge in [-0.15, -0.1) is 0 Å². The number of hydrogen-bond donors (Lipinski definition) is 1. The summed E-state index contributed by atoms with van der Waals surface area (Å²) in [6.45, 7) is 0.156. The van der Waals surface area contributed by atoms with Crippen molar-refractivity contribution in [3.8, 4) is 5.75 Å². The van der Waals surface area contributed by atoms with E-state index in [1.165, 1.54) is 18.2 Å². The van der Waals surface area contributed by atoms with Gasteiger partial charge in [-0.1, -0.05) is 29.8 Å². The highest BCUT2D eigenvalue weighted by atomic mass is 35.5. The van der Waals surface area contributed by atoms with Gasteiger partial charge in [0.25, 0.3) is 0 Å². The van der Waals surface area contributed by atoms with Crippen molar-refractivity contribution >= 4 is 11.6 Å². The molecule has 0 radical (unpaired) electrons. The summed E-state index contributed by atoms with van der Waals surface area (Å²) in [7, 11) is 0. The van der Waals surface area contributed by atoms with Gasteiger partial charge in [-0.3, -0.25) is 0 Å². The van der Waals surface area contributed by atoms with E-state index in [2.05, 4.69) is 0 Å². The van der Waals surface area contributed by atoms with Crippen LogP contribution in [0.1, 0.15) is 11.1 Å². The molecular formula is C14H12ClF2NO. The predicted octanol–water partition coefficient (Wildman–Crippen LogP) is 3.66. The fourth-order valence-electron chi connectivity index (χ4n) is 1.63. The molecule has 0 aliphatic carbocycles. The number of hydrogen-bond acceptors (Lipinski definition) is 2. The number of halogens is 3. The van der Waals surface area contributed by atoms with Gasteiger partial charge in [0, 0.05) is 23.7 Å². The van der Waals surface area contributed by atoms with Gasteiger partial charge in [0.15, 0.2) is 0 Å². The fraction of sp³-hybridized carbons (Fsp3) is 0.143. The normalized spacial score (nSPS) is 10.5. The number of nitrogens with two attached hydrogens (primary N) is 1. The quantitative estimate of drug-likeness (QED) is 0.929. The largest absolute Gasteiger partial charge is 0.489 e. The van der Waals surface area contributed by atoms with E-state index in [4.69, 9.17) is 22.1 Å². The maximum absolute atomic E-state index is 13.9. The standard InChI is InChI=1S/C14H12ClF2NO/c15-12-6-11(4-5-13(12)16)19-8-10-3-1-2-9(7-18)14(10)17/h1-6H,7-8,18H2. The predicted molar refractivity (Wildman–Crippen MR) is 70.0 cm³/mol. The van der Waals surface area contributed by atoms with Crippen LogP contribution >= 0.6 is 11.6 Å². The third-order valence-electron chi connectivity index (χ3n) is 2.66. The first-order valence-corrected chi connectivity index (χ1v) is 6.04. The van der Waals surface area contributed by atoms with Crippen LogP contribution in [-0.4, -0.2) is 0 Å². The van der Waals surface area contributed by atoms with Crippen molar-refractivity contribution in [1.82, 2.24) is 0 Å². The highest BCUT2D eigenvalue weighted by molar-refractivity contribution is 6.30. The van der Waals surface area contributed by atoms with Gasteiger partial charge in [0.2, 0.25) is 0 Å². The van der Waals surface area contributed by atoms with Crippen molar-refractivity contribution < 1.29 is 13.5 Å². The summed E-state index contributed by atoms with van der Waals surface area (Å²) >= 11 is 5.63. The molecule has 0 aliphatic heterocycles. The molecule has 0 bridgehead atoms. The molecular weight excluding hydrogens is 272 g/mol. The number of ether oxygens (including phenoxy) is 1. The van der Waals surface area contributed by atoms with Gasteiger partial charge >= 0.3 is 0 Å². The summed E-state index contributed by atoms with van der Waals surface area (Å²) in [4.78, 5) is 0. The van der Waals surface area contributed by atoms with Gasteiger partial charge in [-0.25, -0.2) is 8.78 Å². The molecule has 100 valence electrons.